The fraction of sp³-hybridized carbons (Fsp3) is 0.188. The molecule has 0 aliphatic rings. The van der Waals surface area contributed by atoms with Crippen molar-refractivity contribution in [2.24, 2.45) is 0 Å². The molecule has 0 bridgehead atoms. The highest BCUT2D eigenvalue weighted by atomic mass is 35.5. The first-order valence-electron chi connectivity index (χ1n) is 6.59. The molecule has 2 nitrogen and oxygen atoms in total. The van der Waals surface area contributed by atoms with Gasteiger partial charge in [-0.2, -0.15) is 0 Å². The Morgan fingerprint density at radius 2 is 1.91 bits per heavy atom. The molecule has 22 heavy (non-hydrogen) atoms. The van der Waals surface area contributed by atoms with E-state index < -0.39 is 5.82 Å². The van der Waals surface area contributed by atoms with Crippen LogP contribution in [-0.2, 0) is 11.3 Å². The van der Waals surface area contributed by atoms with Crippen LogP contribution in [-0.4, -0.2) is 11.2 Å². The van der Waals surface area contributed by atoms with Crippen molar-refractivity contribution in [3.63, 3.8) is 0 Å². The van der Waals surface area contributed by atoms with Crippen molar-refractivity contribution in [3.05, 3.63) is 64.7 Å². The Labute approximate surface area is 136 Å². The molecule has 116 valence electrons. The summed E-state index contributed by atoms with van der Waals surface area (Å²) in [5, 5.41) is 2.45. The Morgan fingerprint density at radius 1 is 1.23 bits per heavy atom. The van der Waals surface area contributed by atoms with E-state index in [1.165, 1.54) is 36.0 Å². The molecule has 6 heteroatoms. The molecule has 1 amide bonds. The van der Waals surface area contributed by atoms with Gasteiger partial charge in [0.25, 0.3) is 0 Å². The molecule has 1 N–H and O–H groups in total. The SMILES string of the molecule is CC(Sc1ccc(F)c(Cl)c1)C(=O)NCc1ccc(F)cc1. The second-order valence-electron chi connectivity index (χ2n) is 4.68. The lowest BCUT2D eigenvalue weighted by molar-refractivity contribution is -0.120. The molecule has 2 aromatic carbocycles. The second-order valence-corrected chi connectivity index (χ2v) is 6.50. The normalized spacial score (nSPS) is 12.0. The van der Waals surface area contributed by atoms with Gasteiger partial charge in [-0.05, 0) is 42.8 Å². The Morgan fingerprint density at radius 3 is 2.55 bits per heavy atom. The lowest BCUT2D eigenvalue weighted by Crippen LogP contribution is -2.30. The lowest BCUT2D eigenvalue weighted by atomic mass is 10.2. The number of carbonyl (C=O) groups is 1. The zero-order chi connectivity index (χ0) is 16.1. The molecule has 0 aliphatic carbocycles. The average Bonchev–Trinajstić information content (AvgIpc) is 2.50. The number of carbonyl (C=O) groups excluding carboxylic acids is 1. The molecule has 0 spiro atoms. The fourth-order valence-electron chi connectivity index (χ4n) is 1.74. The molecule has 0 aromatic heterocycles. The molecule has 0 saturated heterocycles. The fourth-order valence-corrected chi connectivity index (χ4v) is 2.92. The van der Waals surface area contributed by atoms with E-state index in [1.807, 2.05) is 0 Å². The van der Waals surface area contributed by atoms with Crippen molar-refractivity contribution in [3.8, 4) is 0 Å². The molecule has 2 rings (SSSR count). The number of rotatable bonds is 5. The highest BCUT2D eigenvalue weighted by Crippen LogP contribution is 2.27. The van der Waals surface area contributed by atoms with Crippen molar-refractivity contribution in [2.75, 3.05) is 0 Å². The Balaban J connectivity index is 1.88. The van der Waals surface area contributed by atoms with Crippen LogP contribution in [0.5, 0.6) is 0 Å². The molecule has 0 heterocycles. The number of halogens is 3. The predicted octanol–water partition coefficient (Wildman–Crippen LogP) is 4.42. The zero-order valence-corrected chi connectivity index (χ0v) is 13.3. The van der Waals surface area contributed by atoms with Crippen LogP contribution in [0.1, 0.15) is 12.5 Å². The lowest BCUT2D eigenvalue weighted by Gasteiger charge is -2.12. The van der Waals surface area contributed by atoms with E-state index in [9.17, 15) is 13.6 Å². The van der Waals surface area contributed by atoms with Crippen molar-refractivity contribution >= 4 is 29.3 Å². The smallest absolute Gasteiger partial charge is 0.233 e. The van der Waals surface area contributed by atoms with E-state index in [0.717, 1.165) is 10.5 Å². The summed E-state index contributed by atoms with van der Waals surface area (Å²) in [5.41, 5.74) is 0.816. The number of nitrogens with one attached hydrogen (secondary N) is 1. The second kappa shape index (κ2) is 7.61. The first kappa shape index (κ1) is 16.8. The minimum Gasteiger partial charge on any atom is -0.351 e. The largest absolute Gasteiger partial charge is 0.351 e. The zero-order valence-electron chi connectivity index (χ0n) is 11.8. The first-order chi connectivity index (χ1) is 10.5. The number of hydrogen-bond acceptors (Lipinski definition) is 2. The third-order valence-electron chi connectivity index (χ3n) is 2.95. The molecular weight excluding hydrogens is 328 g/mol. The molecule has 0 radical (unpaired) electrons. The Kier molecular flexibility index (Phi) is 5.80. The molecule has 2 aromatic rings. The van der Waals surface area contributed by atoms with E-state index in [-0.39, 0.29) is 22.0 Å². The van der Waals surface area contributed by atoms with Crippen molar-refractivity contribution in [1.29, 1.82) is 0 Å². The maximum absolute atomic E-state index is 13.1. The van der Waals surface area contributed by atoms with Crippen molar-refractivity contribution in [2.45, 2.75) is 23.6 Å². The highest BCUT2D eigenvalue weighted by molar-refractivity contribution is 8.00. The third-order valence-corrected chi connectivity index (χ3v) is 4.34. The first-order valence-corrected chi connectivity index (χ1v) is 7.85. The summed E-state index contributed by atoms with van der Waals surface area (Å²) in [6.45, 7) is 2.08. The van der Waals surface area contributed by atoms with Gasteiger partial charge < -0.3 is 5.32 Å². The number of amides is 1. The predicted molar refractivity (Wildman–Crippen MR) is 85.0 cm³/mol. The van der Waals surface area contributed by atoms with E-state index >= 15 is 0 Å². The Hall–Kier alpha value is -1.59. The van der Waals surface area contributed by atoms with E-state index in [1.54, 1.807) is 25.1 Å². The van der Waals surface area contributed by atoms with Crippen LogP contribution in [0.25, 0.3) is 0 Å². The molecule has 0 saturated carbocycles. The quantitative estimate of drug-likeness (QED) is 0.816. The molecular formula is C16H14ClF2NOS. The number of hydrogen-bond donors (Lipinski definition) is 1. The topological polar surface area (TPSA) is 29.1 Å². The van der Waals surface area contributed by atoms with E-state index in [2.05, 4.69) is 5.32 Å². The van der Waals surface area contributed by atoms with Gasteiger partial charge >= 0.3 is 0 Å². The minimum absolute atomic E-state index is 0.0314. The molecule has 1 atom stereocenters. The van der Waals surface area contributed by atoms with Gasteiger partial charge in [-0.3, -0.25) is 4.79 Å². The summed E-state index contributed by atoms with van der Waals surface area (Å²) in [4.78, 5) is 12.7. The van der Waals surface area contributed by atoms with Crippen molar-refractivity contribution in [1.82, 2.24) is 5.32 Å². The average molecular weight is 342 g/mol. The van der Waals surface area contributed by atoms with Gasteiger partial charge in [-0.25, -0.2) is 8.78 Å². The van der Waals surface area contributed by atoms with E-state index in [0.29, 0.717) is 6.54 Å². The maximum atomic E-state index is 13.1. The standard InChI is InChI=1S/C16H14ClF2NOS/c1-10(22-13-6-7-15(19)14(17)8-13)16(21)20-9-11-2-4-12(18)5-3-11/h2-8,10H,9H2,1H3,(H,20,21). The summed E-state index contributed by atoms with van der Waals surface area (Å²) < 4.78 is 25.9. The minimum atomic E-state index is -0.487. The summed E-state index contributed by atoms with van der Waals surface area (Å²) in [6.07, 6.45) is 0. The van der Waals surface area contributed by atoms with Crippen LogP contribution >= 0.6 is 23.4 Å². The summed E-state index contributed by atoms with van der Waals surface area (Å²) >= 11 is 7.00. The number of benzene rings is 2. The highest BCUT2D eigenvalue weighted by Gasteiger charge is 2.14. The molecule has 1 unspecified atom stereocenters. The van der Waals surface area contributed by atoms with Gasteiger partial charge in [0.05, 0.1) is 10.3 Å². The summed E-state index contributed by atoms with van der Waals surface area (Å²) in [6, 6.07) is 10.3. The van der Waals surface area contributed by atoms with E-state index in [4.69, 9.17) is 11.6 Å². The maximum Gasteiger partial charge on any atom is 0.233 e. The van der Waals surface area contributed by atoms with Crippen LogP contribution in [0, 0.1) is 11.6 Å². The van der Waals surface area contributed by atoms with Gasteiger partial charge in [-0.15, -0.1) is 11.8 Å². The third kappa shape index (κ3) is 4.71. The van der Waals surface area contributed by atoms with Crippen LogP contribution in [0.4, 0.5) is 8.78 Å². The van der Waals surface area contributed by atoms with Crippen LogP contribution < -0.4 is 5.32 Å². The van der Waals surface area contributed by atoms with Crippen LogP contribution in [0.15, 0.2) is 47.4 Å². The van der Waals surface area contributed by atoms with Gasteiger partial charge in [-0.1, -0.05) is 23.7 Å². The van der Waals surface area contributed by atoms with Gasteiger partial charge in [0.15, 0.2) is 0 Å². The van der Waals surface area contributed by atoms with Gasteiger partial charge in [0, 0.05) is 11.4 Å². The van der Waals surface area contributed by atoms with Crippen LogP contribution in [0.3, 0.4) is 0 Å². The van der Waals surface area contributed by atoms with Gasteiger partial charge in [0.1, 0.15) is 11.6 Å². The Bertz CT molecular complexity index is 664. The van der Waals surface area contributed by atoms with Crippen LogP contribution in [0.2, 0.25) is 5.02 Å². The van der Waals surface area contributed by atoms with Crippen molar-refractivity contribution < 1.29 is 13.6 Å². The molecule has 0 fully saturated rings. The summed E-state index contributed by atoms with van der Waals surface area (Å²) in [5.74, 6) is -0.957. The summed E-state index contributed by atoms with van der Waals surface area (Å²) in [7, 11) is 0. The monoisotopic (exact) mass is 341 g/mol. The van der Waals surface area contributed by atoms with Gasteiger partial charge in [0.2, 0.25) is 5.91 Å². The number of thioether (sulfide) groups is 1. The molecule has 0 aliphatic heterocycles.